The summed E-state index contributed by atoms with van der Waals surface area (Å²) in [6.07, 6.45) is -2.10. The van der Waals surface area contributed by atoms with Gasteiger partial charge in [0.15, 0.2) is 36.4 Å². The molecular formula is C14H22O8. The summed E-state index contributed by atoms with van der Waals surface area (Å²) < 4.78 is 40.0. The van der Waals surface area contributed by atoms with Crippen LogP contribution in [0.4, 0.5) is 0 Å². The predicted octanol–water partition coefficient (Wildman–Crippen LogP) is 0.0774. The van der Waals surface area contributed by atoms with Gasteiger partial charge in [-0.25, -0.2) is 0 Å². The van der Waals surface area contributed by atoms with Gasteiger partial charge >= 0.3 is 0 Å². The molecule has 4 aliphatic rings. The molecule has 0 amide bonds. The molecule has 0 aliphatic carbocycles. The molecule has 126 valence electrons. The Balaban J connectivity index is 1.69. The van der Waals surface area contributed by atoms with Gasteiger partial charge in [-0.2, -0.15) is 0 Å². The van der Waals surface area contributed by atoms with Gasteiger partial charge in [0.2, 0.25) is 5.79 Å². The van der Waals surface area contributed by atoms with E-state index in [0.717, 1.165) is 0 Å². The van der Waals surface area contributed by atoms with Crippen molar-refractivity contribution < 1.29 is 38.3 Å². The zero-order valence-electron chi connectivity index (χ0n) is 13.2. The lowest BCUT2D eigenvalue weighted by Crippen LogP contribution is -2.69. The molecule has 4 aliphatic heterocycles. The number of fused-ring (bicyclic) bond motifs is 3. The van der Waals surface area contributed by atoms with E-state index >= 15 is 0 Å². The summed E-state index contributed by atoms with van der Waals surface area (Å²) in [5.74, 6) is -3.34. The molecule has 5 atom stereocenters. The van der Waals surface area contributed by atoms with Crippen LogP contribution in [0.5, 0.6) is 0 Å². The van der Waals surface area contributed by atoms with E-state index in [-0.39, 0.29) is 20.0 Å². The highest BCUT2D eigenvalue weighted by Crippen LogP contribution is 2.53. The third kappa shape index (κ3) is 1.93. The Kier molecular flexibility index (Phi) is 3.04. The second-order valence-electron chi connectivity index (χ2n) is 7.06. The van der Waals surface area contributed by atoms with Gasteiger partial charge in [0, 0.05) is 0 Å². The first-order chi connectivity index (χ1) is 10.2. The minimum Gasteiger partial charge on any atom is -0.361 e. The molecule has 0 aromatic carbocycles. The second-order valence-corrected chi connectivity index (χ2v) is 7.06. The molecule has 0 saturated carbocycles. The Labute approximate surface area is 128 Å². The van der Waals surface area contributed by atoms with Crippen LogP contribution >= 0.6 is 0 Å². The van der Waals surface area contributed by atoms with E-state index in [1.165, 1.54) is 0 Å². The average molecular weight is 318 g/mol. The van der Waals surface area contributed by atoms with Crippen molar-refractivity contribution in [1.82, 2.24) is 0 Å². The van der Waals surface area contributed by atoms with Crippen LogP contribution in [0.1, 0.15) is 27.7 Å². The van der Waals surface area contributed by atoms with Gasteiger partial charge in [0.25, 0.3) is 0 Å². The molecule has 0 aromatic rings. The van der Waals surface area contributed by atoms with Crippen LogP contribution in [0.15, 0.2) is 0 Å². The highest BCUT2D eigenvalue weighted by molar-refractivity contribution is 5.15. The average Bonchev–Trinajstić information content (AvgIpc) is 2.98. The normalized spacial score (nSPS) is 52.5. The summed E-state index contributed by atoms with van der Waals surface area (Å²) in [4.78, 5) is 0. The number of hydrogen-bond donors (Lipinski definition) is 1. The first kappa shape index (κ1) is 15.2. The lowest BCUT2D eigenvalue weighted by atomic mass is 9.85. The highest BCUT2D eigenvalue weighted by atomic mass is 16.9. The fourth-order valence-corrected chi connectivity index (χ4v) is 3.60. The molecular weight excluding hydrogens is 296 g/mol. The Morgan fingerprint density at radius 3 is 2.36 bits per heavy atom. The van der Waals surface area contributed by atoms with Crippen LogP contribution in [-0.2, 0) is 33.2 Å². The zero-order chi connectivity index (χ0) is 15.8. The van der Waals surface area contributed by atoms with E-state index < -0.39 is 41.5 Å². The van der Waals surface area contributed by atoms with Crippen LogP contribution in [0, 0.1) is 0 Å². The lowest BCUT2D eigenvalue weighted by Gasteiger charge is -2.47. The topological polar surface area (TPSA) is 84.8 Å². The van der Waals surface area contributed by atoms with E-state index in [1.54, 1.807) is 27.7 Å². The van der Waals surface area contributed by atoms with E-state index in [0.29, 0.717) is 0 Å². The Hall–Kier alpha value is -0.320. The van der Waals surface area contributed by atoms with Gasteiger partial charge in [-0.05, 0) is 27.7 Å². The Morgan fingerprint density at radius 1 is 0.909 bits per heavy atom. The smallest absolute Gasteiger partial charge is 0.234 e. The van der Waals surface area contributed by atoms with Crippen molar-refractivity contribution >= 4 is 0 Å². The van der Waals surface area contributed by atoms with Gasteiger partial charge in [-0.3, -0.25) is 0 Å². The van der Waals surface area contributed by atoms with Crippen molar-refractivity contribution in [2.75, 3.05) is 20.0 Å². The molecule has 4 rings (SSSR count). The van der Waals surface area contributed by atoms with Crippen molar-refractivity contribution in [3.05, 3.63) is 0 Å². The summed E-state index contributed by atoms with van der Waals surface area (Å²) in [6.45, 7) is 7.44. The number of ether oxygens (including phenoxy) is 7. The molecule has 4 heterocycles. The maximum absolute atomic E-state index is 11.2. The largest absolute Gasteiger partial charge is 0.361 e. The standard InChI is InChI=1S/C14H22O8/c1-11(2)17-5-8(19-11)13-6-16-7-18-14(13,15)9-10(22-13)21-12(3,4)20-9/h8-10,15H,5-7H2,1-4H3/t8-,9+,10+,13+,14-/m1/s1. The predicted molar refractivity (Wildman–Crippen MR) is 69.4 cm³/mol. The van der Waals surface area contributed by atoms with Crippen molar-refractivity contribution in [3.63, 3.8) is 0 Å². The maximum Gasteiger partial charge on any atom is 0.234 e. The summed E-state index contributed by atoms with van der Waals surface area (Å²) >= 11 is 0. The van der Waals surface area contributed by atoms with Crippen LogP contribution in [0.25, 0.3) is 0 Å². The van der Waals surface area contributed by atoms with E-state index in [4.69, 9.17) is 33.2 Å². The zero-order valence-corrected chi connectivity index (χ0v) is 13.2. The monoisotopic (exact) mass is 318 g/mol. The van der Waals surface area contributed by atoms with Crippen LogP contribution in [-0.4, -0.2) is 66.6 Å². The van der Waals surface area contributed by atoms with Crippen molar-refractivity contribution in [2.45, 2.75) is 69.2 Å². The number of hydrogen-bond acceptors (Lipinski definition) is 8. The SMILES string of the molecule is CC1(C)OC[C@H]([C@@]23COCO[C@]2(O)[C@H]2OC(C)(C)O[C@H]2O3)O1. The maximum atomic E-state index is 11.2. The summed E-state index contributed by atoms with van der Waals surface area (Å²) in [6, 6.07) is 0. The summed E-state index contributed by atoms with van der Waals surface area (Å²) in [5.41, 5.74) is -1.26. The molecule has 8 heteroatoms. The molecule has 0 spiro atoms. The van der Waals surface area contributed by atoms with Crippen LogP contribution in [0.3, 0.4) is 0 Å². The van der Waals surface area contributed by atoms with E-state index in [1.807, 2.05) is 0 Å². The van der Waals surface area contributed by atoms with Gasteiger partial charge < -0.3 is 38.3 Å². The van der Waals surface area contributed by atoms with E-state index in [9.17, 15) is 5.11 Å². The molecule has 4 fully saturated rings. The Morgan fingerprint density at radius 2 is 1.68 bits per heavy atom. The molecule has 0 aromatic heterocycles. The number of aliphatic hydroxyl groups is 1. The molecule has 0 radical (unpaired) electrons. The molecule has 22 heavy (non-hydrogen) atoms. The second kappa shape index (κ2) is 4.40. The fourth-order valence-electron chi connectivity index (χ4n) is 3.60. The van der Waals surface area contributed by atoms with Gasteiger partial charge in [0.05, 0.1) is 13.2 Å². The first-order valence-corrected chi connectivity index (χ1v) is 7.47. The van der Waals surface area contributed by atoms with Crippen LogP contribution < -0.4 is 0 Å². The molecule has 1 N–H and O–H groups in total. The van der Waals surface area contributed by atoms with Crippen molar-refractivity contribution in [3.8, 4) is 0 Å². The number of rotatable bonds is 1. The summed E-state index contributed by atoms with van der Waals surface area (Å²) in [5, 5.41) is 11.2. The molecule has 0 bridgehead atoms. The quantitative estimate of drug-likeness (QED) is 0.727. The minimum absolute atomic E-state index is 0.0500. The van der Waals surface area contributed by atoms with Crippen LogP contribution in [0.2, 0.25) is 0 Å². The first-order valence-electron chi connectivity index (χ1n) is 7.47. The highest BCUT2D eigenvalue weighted by Gasteiger charge is 2.76. The third-order valence-electron chi connectivity index (χ3n) is 4.58. The van der Waals surface area contributed by atoms with Gasteiger partial charge in [0.1, 0.15) is 6.10 Å². The molecule has 0 unspecified atom stereocenters. The summed E-state index contributed by atoms with van der Waals surface area (Å²) in [7, 11) is 0. The third-order valence-corrected chi connectivity index (χ3v) is 4.58. The molecule has 4 saturated heterocycles. The lowest BCUT2D eigenvalue weighted by molar-refractivity contribution is -0.402. The van der Waals surface area contributed by atoms with Crippen molar-refractivity contribution in [2.24, 2.45) is 0 Å². The fraction of sp³-hybridized carbons (Fsp3) is 1.00. The van der Waals surface area contributed by atoms with Gasteiger partial charge in [-0.1, -0.05) is 0 Å². The Bertz CT molecular complexity index is 479. The minimum atomic E-state index is -1.72. The van der Waals surface area contributed by atoms with Gasteiger partial charge in [-0.15, -0.1) is 0 Å². The van der Waals surface area contributed by atoms with Crippen molar-refractivity contribution in [1.29, 1.82) is 0 Å². The molecule has 8 nitrogen and oxygen atoms in total. The van der Waals surface area contributed by atoms with E-state index in [2.05, 4.69) is 0 Å².